The SMILES string of the molecule is Cc1ccccc1CN(Cc1cccnc1)C(=O)/C=C/c1cn(Cc2ccccc2)nc1-c1cccnc1. The standard InChI is InChI=1S/C32H29N5O/c1-25-9-5-6-13-29(25)23-36(21-27-12-7-17-33-19-27)31(38)16-15-30-24-37(22-26-10-3-2-4-11-26)35-32(30)28-14-8-18-34-20-28/h2-20,24H,21-23H2,1H3/b16-15+. The number of aromatic nitrogens is 4. The Hall–Kier alpha value is -4.84. The number of aryl methyl sites for hydroxylation is 1. The lowest BCUT2D eigenvalue weighted by Crippen LogP contribution is -2.28. The van der Waals surface area contributed by atoms with Crippen molar-refractivity contribution in [2.24, 2.45) is 0 Å². The number of benzene rings is 2. The first kappa shape index (κ1) is 24.8. The lowest BCUT2D eigenvalue weighted by molar-refractivity contribution is -0.127. The normalized spacial score (nSPS) is 11.1. The van der Waals surface area contributed by atoms with Gasteiger partial charge in [-0.15, -0.1) is 0 Å². The molecule has 1 amide bonds. The first-order valence-electron chi connectivity index (χ1n) is 12.6. The molecule has 0 atom stereocenters. The zero-order valence-corrected chi connectivity index (χ0v) is 21.3. The van der Waals surface area contributed by atoms with Crippen molar-refractivity contribution in [3.05, 3.63) is 144 Å². The van der Waals surface area contributed by atoms with Crippen LogP contribution in [0, 0.1) is 6.92 Å². The summed E-state index contributed by atoms with van der Waals surface area (Å²) in [6.45, 7) is 3.68. The number of nitrogens with zero attached hydrogens (tertiary/aromatic N) is 5. The van der Waals surface area contributed by atoms with E-state index in [1.807, 2.05) is 76.5 Å². The molecule has 0 N–H and O–H groups in total. The molecule has 0 aliphatic carbocycles. The van der Waals surface area contributed by atoms with Crippen LogP contribution in [0.25, 0.3) is 17.3 Å². The molecule has 0 saturated heterocycles. The highest BCUT2D eigenvalue weighted by Crippen LogP contribution is 2.23. The molecule has 6 heteroatoms. The minimum absolute atomic E-state index is 0.0787. The number of hydrogen-bond donors (Lipinski definition) is 0. The van der Waals surface area contributed by atoms with E-state index in [-0.39, 0.29) is 5.91 Å². The maximum absolute atomic E-state index is 13.6. The fraction of sp³-hybridized carbons (Fsp3) is 0.125. The molecule has 3 heterocycles. The summed E-state index contributed by atoms with van der Waals surface area (Å²) in [6, 6.07) is 26.1. The van der Waals surface area contributed by atoms with Crippen molar-refractivity contribution >= 4 is 12.0 Å². The van der Waals surface area contributed by atoms with Gasteiger partial charge in [0.2, 0.25) is 5.91 Å². The highest BCUT2D eigenvalue weighted by atomic mass is 16.2. The van der Waals surface area contributed by atoms with Crippen LogP contribution in [0.4, 0.5) is 0 Å². The van der Waals surface area contributed by atoms with Crippen molar-refractivity contribution < 1.29 is 4.79 Å². The number of carbonyl (C=O) groups excluding carboxylic acids is 1. The van der Waals surface area contributed by atoms with Crippen LogP contribution in [0.5, 0.6) is 0 Å². The van der Waals surface area contributed by atoms with E-state index in [1.165, 1.54) is 0 Å². The van der Waals surface area contributed by atoms with Crippen LogP contribution in [0.1, 0.15) is 27.8 Å². The highest BCUT2D eigenvalue weighted by Gasteiger charge is 2.15. The van der Waals surface area contributed by atoms with Gasteiger partial charge in [-0.05, 0) is 53.5 Å². The molecule has 0 aliphatic heterocycles. The van der Waals surface area contributed by atoms with Crippen molar-refractivity contribution in [2.45, 2.75) is 26.6 Å². The van der Waals surface area contributed by atoms with E-state index in [1.54, 1.807) is 30.9 Å². The van der Waals surface area contributed by atoms with Crippen LogP contribution in [0.3, 0.4) is 0 Å². The molecular formula is C32H29N5O. The smallest absolute Gasteiger partial charge is 0.247 e. The first-order chi connectivity index (χ1) is 18.7. The summed E-state index contributed by atoms with van der Waals surface area (Å²) in [5.41, 5.74) is 6.95. The molecule has 2 aromatic carbocycles. The van der Waals surface area contributed by atoms with Crippen LogP contribution >= 0.6 is 0 Å². The average Bonchev–Trinajstić information content (AvgIpc) is 3.36. The lowest BCUT2D eigenvalue weighted by Gasteiger charge is -2.22. The minimum atomic E-state index is -0.0787. The van der Waals surface area contributed by atoms with Crippen molar-refractivity contribution in [1.82, 2.24) is 24.6 Å². The summed E-state index contributed by atoms with van der Waals surface area (Å²) in [5, 5.41) is 4.84. The largest absolute Gasteiger partial charge is 0.330 e. The minimum Gasteiger partial charge on any atom is -0.330 e. The van der Waals surface area contributed by atoms with E-state index in [4.69, 9.17) is 5.10 Å². The molecule has 6 nitrogen and oxygen atoms in total. The molecule has 188 valence electrons. The van der Waals surface area contributed by atoms with Crippen molar-refractivity contribution in [1.29, 1.82) is 0 Å². The van der Waals surface area contributed by atoms with Gasteiger partial charge < -0.3 is 4.90 Å². The molecule has 38 heavy (non-hydrogen) atoms. The molecule has 0 unspecified atom stereocenters. The summed E-state index contributed by atoms with van der Waals surface area (Å²) in [4.78, 5) is 23.9. The maximum atomic E-state index is 13.6. The number of rotatable bonds is 9. The van der Waals surface area contributed by atoms with Crippen molar-refractivity contribution in [3.63, 3.8) is 0 Å². The Morgan fingerprint density at radius 1 is 0.842 bits per heavy atom. The van der Waals surface area contributed by atoms with E-state index < -0.39 is 0 Å². The third-order valence-corrected chi connectivity index (χ3v) is 6.35. The van der Waals surface area contributed by atoms with Gasteiger partial charge in [0.05, 0.1) is 6.54 Å². The van der Waals surface area contributed by atoms with Crippen LogP contribution in [0.15, 0.2) is 116 Å². The third kappa shape index (κ3) is 6.28. The molecule has 5 aromatic rings. The summed E-state index contributed by atoms with van der Waals surface area (Å²) in [6.07, 6.45) is 12.5. The zero-order valence-electron chi connectivity index (χ0n) is 21.3. The van der Waals surface area contributed by atoms with E-state index in [0.29, 0.717) is 19.6 Å². The van der Waals surface area contributed by atoms with Gasteiger partial charge >= 0.3 is 0 Å². The van der Waals surface area contributed by atoms with Gasteiger partial charge in [-0.1, -0.05) is 60.7 Å². The fourth-order valence-electron chi connectivity index (χ4n) is 4.32. The Labute approximate surface area is 222 Å². The number of carbonyl (C=O) groups is 1. The Balaban J connectivity index is 1.44. The number of hydrogen-bond acceptors (Lipinski definition) is 4. The summed E-state index contributed by atoms with van der Waals surface area (Å²) in [5.74, 6) is -0.0787. The topological polar surface area (TPSA) is 63.9 Å². The van der Waals surface area contributed by atoms with Gasteiger partial charge in [-0.2, -0.15) is 5.10 Å². The van der Waals surface area contributed by atoms with Crippen molar-refractivity contribution in [3.8, 4) is 11.3 Å². The predicted molar refractivity (Wildman–Crippen MR) is 150 cm³/mol. The molecule has 0 bridgehead atoms. The van der Waals surface area contributed by atoms with Crippen molar-refractivity contribution in [2.75, 3.05) is 0 Å². The number of pyridine rings is 2. The molecule has 0 saturated carbocycles. The van der Waals surface area contributed by atoms with Gasteiger partial charge in [0, 0.05) is 61.3 Å². The second kappa shape index (κ2) is 11.9. The Morgan fingerprint density at radius 3 is 2.32 bits per heavy atom. The monoisotopic (exact) mass is 499 g/mol. The zero-order chi connectivity index (χ0) is 26.2. The van der Waals surface area contributed by atoms with Crippen LogP contribution < -0.4 is 0 Å². The van der Waals surface area contributed by atoms with Gasteiger partial charge in [0.1, 0.15) is 5.69 Å². The lowest BCUT2D eigenvalue weighted by atomic mass is 10.1. The number of amides is 1. The fourth-order valence-corrected chi connectivity index (χ4v) is 4.32. The van der Waals surface area contributed by atoms with E-state index in [2.05, 4.69) is 41.2 Å². The second-order valence-corrected chi connectivity index (χ2v) is 9.17. The van der Waals surface area contributed by atoms with Gasteiger partial charge in [-0.25, -0.2) is 0 Å². The molecule has 0 aliphatic rings. The Bertz CT molecular complexity index is 1510. The van der Waals surface area contributed by atoms with Crippen LogP contribution in [-0.4, -0.2) is 30.6 Å². The molecule has 5 rings (SSSR count). The summed E-state index contributed by atoms with van der Waals surface area (Å²) in [7, 11) is 0. The van der Waals surface area contributed by atoms with Gasteiger partial charge in [-0.3, -0.25) is 19.4 Å². The molecule has 0 spiro atoms. The Kier molecular flexibility index (Phi) is 7.80. The molecule has 0 radical (unpaired) electrons. The third-order valence-electron chi connectivity index (χ3n) is 6.35. The second-order valence-electron chi connectivity index (χ2n) is 9.17. The van der Waals surface area contributed by atoms with Crippen LogP contribution in [0.2, 0.25) is 0 Å². The molecule has 0 fully saturated rings. The molecule has 3 aromatic heterocycles. The van der Waals surface area contributed by atoms with E-state index in [0.717, 1.165) is 39.1 Å². The Morgan fingerprint density at radius 2 is 1.58 bits per heavy atom. The quantitative estimate of drug-likeness (QED) is 0.236. The highest BCUT2D eigenvalue weighted by molar-refractivity contribution is 5.92. The van der Waals surface area contributed by atoms with Gasteiger partial charge in [0.25, 0.3) is 0 Å². The van der Waals surface area contributed by atoms with Gasteiger partial charge in [0.15, 0.2) is 0 Å². The van der Waals surface area contributed by atoms with E-state index in [9.17, 15) is 4.79 Å². The predicted octanol–water partition coefficient (Wildman–Crippen LogP) is 5.94. The van der Waals surface area contributed by atoms with E-state index >= 15 is 0 Å². The summed E-state index contributed by atoms with van der Waals surface area (Å²) >= 11 is 0. The summed E-state index contributed by atoms with van der Waals surface area (Å²) < 4.78 is 1.91. The maximum Gasteiger partial charge on any atom is 0.247 e. The molecular weight excluding hydrogens is 470 g/mol. The average molecular weight is 500 g/mol. The first-order valence-corrected chi connectivity index (χ1v) is 12.6. The van der Waals surface area contributed by atoms with Crippen LogP contribution in [-0.2, 0) is 24.4 Å².